The van der Waals surface area contributed by atoms with Crippen molar-refractivity contribution in [2.75, 3.05) is 6.54 Å². The molecule has 1 aliphatic heterocycles. The number of pyridine rings is 1. The minimum absolute atomic E-state index is 0.935. The molecule has 3 aromatic rings. The molecule has 4 nitrogen and oxygen atoms in total. The van der Waals surface area contributed by atoms with Crippen LogP contribution in [-0.4, -0.2) is 26.6 Å². The SMILES string of the molecule is c1ccc(CN2CCc3[nH]nc(-c4cccnc4)c3C2)cc1. The van der Waals surface area contributed by atoms with E-state index in [0.717, 1.165) is 37.3 Å². The third kappa shape index (κ3) is 2.53. The van der Waals surface area contributed by atoms with Gasteiger partial charge in [-0.25, -0.2) is 0 Å². The number of fused-ring (bicyclic) bond motifs is 1. The summed E-state index contributed by atoms with van der Waals surface area (Å²) in [5.74, 6) is 0. The van der Waals surface area contributed by atoms with E-state index < -0.39 is 0 Å². The number of hydrogen-bond acceptors (Lipinski definition) is 3. The zero-order chi connectivity index (χ0) is 14.8. The lowest BCUT2D eigenvalue weighted by molar-refractivity contribution is 0.245. The maximum Gasteiger partial charge on any atom is 0.0984 e. The third-order valence-corrected chi connectivity index (χ3v) is 4.20. The summed E-state index contributed by atoms with van der Waals surface area (Å²) in [7, 11) is 0. The van der Waals surface area contributed by atoms with Crippen molar-refractivity contribution in [1.29, 1.82) is 0 Å². The molecule has 0 amide bonds. The van der Waals surface area contributed by atoms with Crippen LogP contribution in [0.15, 0.2) is 54.9 Å². The van der Waals surface area contributed by atoms with Gasteiger partial charge in [-0.3, -0.25) is 15.0 Å². The van der Waals surface area contributed by atoms with E-state index >= 15 is 0 Å². The summed E-state index contributed by atoms with van der Waals surface area (Å²) in [5, 5.41) is 7.72. The van der Waals surface area contributed by atoms with E-state index in [1.807, 2.05) is 12.3 Å². The summed E-state index contributed by atoms with van der Waals surface area (Å²) in [5.41, 5.74) is 6.07. The molecule has 0 saturated carbocycles. The van der Waals surface area contributed by atoms with E-state index in [0.29, 0.717) is 0 Å². The average molecular weight is 290 g/mol. The van der Waals surface area contributed by atoms with Gasteiger partial charge in [-0.05, 0) is 17.7 Å². The smallest absolute Gasteiger partial charge is 0.0984 e. The van der Waals surface area contributed by atoms with Crippen LogP contribution in [0.1, 0.15) is 16.8 Å². The molecule has 0 unspecified atom stereocenters. The predicted octanol–water partition coefficient (Wildman–Crippen LogP) is 3.03. The monoisotopic (exact) mass is 290 g/mol. The topological polar surface area (TPSA) is 44.8 Å². The maximum atomic E-state index is 4.52. The number of hydrogen-bond donors (Lipinski definition) is 1. The first-order valence-electron chi connectivity index (χ1n) is 7.63. The molecule has 1 N–H and O–H groups in total. The Labute approximate surface area is 129 Å². The van der Waals surface area contributed by atoms with Crippen LogP contribution in [-0.2, 0) is 19.5 Å². The first-order valence-corrected chi connectivity index (χ1v) is 7.63. The van der Waals surface area contributed by atoms with Crippen molar-refractivity contribution in [3.8, 4) is 11.3 Å². The minimum Gasteiger partial charge on any atom is -0.294 e. The summed E-state index contributed by atoms with van der Waals surface area (Å²) < 4.78 is 0. The molecule has 0 radical (unpaired) electrons. The summed E-state index contributed by atoms with van der Waals surface area (Å²) in [4.78, 5) is 6.69. The number of benzene rings is 1. The quantitative estimate of drug-likeness (QED) is 0.806. The van der Waals surface area contributed by atoms with Gasteiger partial charge < -0.3 is 0 Å². The van der Waals surface area contributed by atoms with Crippen molar-refractivity contribution in [3.63, 3.8) is 0 Å². The van der Waals surface area contributed by atoms with E-state index in [4.69, 9.17) is 0 Å². The Hall–Kier alpha value is -2.46. The molecule has 0 bridgehead atoms. The summed E-state index contributed by atoms with van der Waals surface area (Å²) in [6, 6.07) is 14.7. The van der Waals surface area contributed by atoms with Gasteiger partial charge in [-0.1, -0.05) is 30.3 Å². The van der Waals surface area contributed by atoms with E-state index in [1.165, 1.54) is 16.8 Å². The lowest BCUT2D eigenvalue weighted by atomic mass is 10.0. The first kappa shape index (κ1) is 13.2. The second-order valence-electron chi connectivity index (χ2n) is 5.72. The van der Waals surface area contributed by atoms with Crippen molar-refractivity contribution in [2.24, 2.45) is 0 Å². The van der Waals surface area contributed by atoms with E-state index in [-0.39, 0.29) is 0 Å². The number of rotatable bonds is 3. The highest BCUT2D eigenvalue weighted by atomic mass is 15.2. The van der Waals surface area contributed by atoms with Crippen LogP contribution in [0, 0.1) is 0 Å². The second-order valence-corrected chi connectivity index (χ2v) is 5.72. The molecule has 3 heterocycles. The van der Waals surface area contributed by atoms with Gasteiger partial charge in [0.1, 0.15) is 0 Å². The number of nitrogens with one attached hydrogen (secondary N) is 1. The molecule has 22 heavy (non-hydrogen) atoms. The molecule has 4 rings (SSSR count). The normalized spacial score (nSPS) is 14.7. The molecule has 0 atom stereocenters. The van der Waals surface area contributed by atoms with Crippen LogP contribution in [0.4, 0.5) is 0 Å². The Kier molecular flexibility index (Phi) is 3.45. The van der Waals surface area contributed by atoms with Gasteiger partial charge in [-0.15, -0.1) is 0 Å². The van der Waals surface area contributed by atoms with E-state index in [2.05, 4.69) is 56.5 Å². The molecule has 4 heteroatoms. The molecular weight excluding hydrogens is 272 g/mol. The molecular formula is C18H18N4. The van der Waals surface area contributed by atoms with Crippen molar-refractivity contribution in [1.82, 2.24) is 20.1 Å². The zero-order valence-corrected chi connectivity index (χ0v) is 12.4. The van der Waals surface area contributed by atoms with Crippen LogP contribution in [0.3, 0.4) is 0 Å². The number of H-pyrrole nitrogens is 1. The van der Waals surface area contributed by atoms with Crippen LogP contribution < -0.4 is 0 Å². The fourth-order valence-electron chi connectivity index (χ4n) is 3.07. The number of aromatic nitrogens is 3. The van der Waals surface area contributed by atoms with E-state index in [1.54, 1.807) is 6.20 Å². The van der Waals surface area contributed by atoms with Gasteiger partial charge in [0.15, 0.2) is 0 Å². The van der Waals surface area contributed by atoms with E-state index in [9.17, 15) is 0 Å². The van der Waals surface area contributed by atoms with Crippen LogP contribution in [0.5, 0.6) is 0 Å². The fraction of sp³-hybridized carbons (Fsp3) is 0.222. The fourth-order valence-corrected chi connectivity index (χ4v) is 3.07. The maximum absolute atomic E-state index is 4.52. The standard InChI is InChI=1S/C18H18N4/c1-2-5-14(6-3-1)12-22-10-8-17-16(13-22)18(21-20-17)15-7-4-9-19-11-15/h1-7,9,11H,8,10,12-13H2,(H,20,21). The van der Waals surface area contributed by atoms with Gasteiger partial charge in [0, 0.05) is 55.3 Å². The lowest BCUT2D eigenvalue weighted by Gasteiger charge is -2.27. The van der Waals surface area contributed by atoms with Crippen LogP contribution in [0.2, 0.25) is 0 Å². The second kappa shape index (κ2) is 5.73. The van der Waals surface area contributed by atoms with Crippen molar-refractivity contribution in [2.45, 2.75) is 19.5 Å². The minimum atomic E-state index is 0.935. The van der Waals surface area contributed by atoms with Gasteiger partial charge >= 0.3 is 0 Å². The van der Waals surface area contributed by atoms with Gasteiger partial charge in [0.25, 0.3) is 0 Å². The molecule has 0 saturated heterocycles. The Bertz CT molecular complexity index is 749. The lowest BCUT2D eigenvalue weighted by Crippen LogP contribution is -2.29. The highest BCUT2D eigenvalue weighted by molar-refractivity contribution is 5.63. The summed E-state index contributed by atoms with van der Waals surface area (Å²) in [6.07, 6.45) is 4.70. The Morgan fingerprint density at radius 1 is 1.09 bits per heavy atom. The van der Waals surface area contributed by atoms with Crippen molar-refractivity contribution in [3.05, 3.63) is 71.7 Å². The molecule has 2 aromatic heterocycles. The van der Waals surface area contributed by atoms with Crippen molar-refractivity contribution >= 4 is 0 Å². The molecule has 0 spiro atoms. The Morgan fingerprint density at radius 3 is 2.82 bits per heavy atom. The van der Waals surface area contributed by atoms with Crippen LogP contribution >= 0.6 is 0 Å². The van der Waals surface area contributed by atoms with Gasteiger partial charge in [0.05, 0.1) is 5.69 Å². The molecule has 1 aliphatic rings. The molecule has 0 fully saturated rings. The number of aromatic amines is 1. The Balaban J connectivity index is 1.59. The third-order valence-electron chi connectivity index (χ3n) is 4.20. The van der Waals surface area contributed by atoms with Gasteiger partial charge in [-0.2, -0.15) is 5.10 Å². The average Bonchev–Trinajstić information content (AvgIpc) is 3.00. The van der Waals surface area contributed by atoms with Gasteiger partial charge in [0.2, 0.25) is 0 Å². The zero-order valence-electron chi connectivity index (χ0n) is 12.4. The highest BCUT2D eigenvalue weighted by Gasteiger charge is 2.22. The molecule has 110 valence electrons. The summed E-state index contributed by atoms with van der Waals surface area (Å²) in [6.45, 7) is 2.99. The Morgan fingerprint density at radius 2 is 2.00 bits per heavy atom. The largest absolute Gasteiger partial charge is 0.294 e. The molecule has 1 aromatic carbocycles. The predicted molar refractivity (Wildman–Crippen MR) is 86.1 cm³/mol. The van der Waals surface area contributed by atoms with Crippen LogP contribution in [0.25, 0.3) is 11.3 Å². The van der Waals surface area contributed by atoms with Crippen molar-refractivity contribution < 1.29 is 0 Å². The number of nitrogens with zero attached hydrogens (tertiary/aromatic N) is 3. The highest BCUT2D eigenvalue weighted by Crippen LogP contribution is 2.28. The first-order chi connectivity index (χ1) is 10.9. The summed E-state index contributed by atoms with van der Waals surface area (Å²) >= 11 is 0. The molecule has 0 aliphatic carbocycles.